The van der Waals surface area contributed by atoms with Gasteiger partial charge in [0.05, 0.1) is 4.92 Å². The first-order valence-electron chi connectivity index (χ1n) is 6.95. The summed E-state index contributed by atoms with van der Waals surface area (Å²) < 4.78 is 0. The van der Waals surface area contributed by atoms with E-state index in [-0.39, 0.29) is 17.2 Å². The van der Waals surface area contributed by atoms with Crippen LogP contribution in [0.25, 0.3) is 0 Å². The Morgan fingerprint density at radius 3 is 3.05 bits per heavy atom. The topological polar surface area (TPSA) is 118 Å². The predicted molar refractivity (Wildman–Crippen MR) is 78.6 cm³/mol. The first-order chi connectivity index (χ1) is 10.1. The number of rotatable bonds is 5. The highest BCUT2D eigenvalue weighted by molar-refractivity contribution is 5.99. The standard InChI is InChI=1S/C13H19N5O3/c1-2-3-9-6-7-17(8-9)11-5-4-10(18(20)21)12(15-11)13(14)16-19/h4-5,9,19H,2-3,6-8H2,1H3,(H2,14,16). The number of oxime groups is 1. The Hall–Kier alpha value is -2.38. The Balaban J connectivity index is 2.28. The molecular weight excluding hydrogens is 274 g/mol. The summed E-state index contributed by atoms with van der Waals surface area (Å²) in [6, 6.07) is 2.96. The zero-order valence-corrected chi connectivity index (χ0v) is 11.9. The lowest BCUT2D eigenvalue weighted by molar-refractivity contribution is -0.385. The second-order valence-corrected chi connectivity index (χ2v) is 5.17. The zero-order valence-electron chi connectivity index (χ0n) is 11.9. The maximum atomic E-state index is 11.0. The van der Waals surface area contributed by atoms with Crippen LogP contribution in [0.5, 0.6) is 0 Å². The molecule has 0 spiro atoms. The smallest absolute Gasteiger partial charge is 0.298 e. The van der Waals surface area contributed by atoms with Crippen LogP contribution in [0.3, 0.4) is 0 Å². The van der Waals surface area contributed by atoms with Crippen LogP contribution in [-0.2, 0) is 0 Å². The molecule has 114 valence electrons. The fourth-order valence-electron chi connectivity index (χ4n) is 2.69. The number of nitrogens with two attached hydrogens (primary N) is 1. The maximum Gasteiger partial charge on any atom is 0.298 e. The van der Waals surface area contributed by atoms with Crippen molar-refractivity contribution in [1.29, 1.82) is 0 Å². The van der Waals surface area contributed by atoms with Gasteiger partial charge in [-0.25, -0.2) is 4.98 Å². The van der Waals surface area contributed by atoms with Crippen LogP contribution in [0.2, 0.25) is 0 Å². The molecule has 8 nitrogen and oxygen atoms in total. The maximum absolute atomic E-state index is 11.0. The Bertz CT molecular complexity index is 561. The Morgan fingerprint density at radius 2 is 2.43 bits per heavy atom. The van der Waals surface area contributed by atoms with Gasteiger partial charge in [0.2, 0.25) is 0 Å². The van der Waals surface area contributed by atoms with E-state index in [1.807, 2.05) is 0 Å². The summed E-state index contributed by atoms with van der Waals surface area (Å²) in [5, 5.41) is 22.5. The first-order valence-corrected chi connectivity index (χ1v) is 6.95. The van der Waals surface area contributed by atoms with Gasteiger partial charge in [-0.3, -0.25) is 10.1 Å². The van der Waals surface area contributed by atoms with E-state index >= 15 is 0 Å². The molecule has 1 atom stereocenters. The average Bonchev–Trinajstić information content (AvgIpc) is 2.94. The van der Waals surface area contributed by atoms with Crippen molar-refractivity contribution in [2.75, 3.05) is 18.0 Å². The first kappa shape index (κ1) is 15.0. The molecule has 8 heteroatoms. The fraction of sp³-hybridized carbons (Fsp3) is 0.538. The average molecular weight is 293 g/mol. The van der Waals surface area contributed by atoms with Crippen LogP contribution in [0.4, 0.5) is 11.5 Å². The van der Waals surface area contributed by atoms with Crippen LogP contribution >= 0.6 is 0 Å². The lowest BCUT2D eigenvalue weighted by atomic mass is 10.0. The third-order valence-corrected chi connectivity index (χ3v) is 3.71. The van der Waals surface area contributed by atoms with E-state index in [0.29, 0.717) is 11.7 Å². The molecule has 1 aromatic rings. The summed E-state index contributed by atoms with van der Waals surface area (Å²) >= 11 is 0. The summed E-state index contributed by atoms with van der Waals surface area (Å²) in [5.41, 5.74) is 5.13. The molecule has 1 unspecified atom stereocenters. The van der Waals surface area contributed by atoms with E-state index in [1.165, 1.54) is 6.07 Å². The van der Waals surface area contributed by atoms with E-state index in [2.05, 4.69) is 22.0 Å². The van der Waals surface area contributed by atoms with Gasteiger partial charge in [0.1, 0.15) is 5.82 Å². The van der Waals surface area contributed by atoms with Crippen LogP contribution < -0.4 is 10.6 Å². The van der Waals surface area contributed by atoms with Gasteiger partial charge in [-0.2, -0.15) is 0 Å². The lowest BCUT2D eigenvalue weighted by Crippen LogP contribution is -2.23. The molecule has 1 aromatic heterocycles. The van der Waals surface area contributed by atoms with E-state index < -0.39 is 4.92 Å². The lowest BCUT2D eigenvalue weighted by Gasteiger charge is -2.18. The number of nitrogens with zero attached hydrogens (tertiary/aromatic N) is 4. The quantitative estimate of drug-likeness (QED) is 0.280. The van der Waals surface area contributed by atoms with Gasteiger partial charge in [-0.15, -0.1) is 0 Å². The second kappa shape index (κ2) is 6.38. The number of hydrogen-bond acceptors (Lipinski definition) is 6. The SMILES string of the molecule is CCCC1CCN(c2ccc([N+](=O)[O-])c(/C(N)=N/O)n2)C1. The summed E-state index contributed by atoms with van der Waals surface area (Å²) in [7, 11) is 0. The summed E-state index contributed by atoms with van der Waals surface area (Å²) in [6.45, 7) is 3.91. The number of hydrogen-bond donors (Lipinski definition) is 2. The summed E-state index contributed by atoms with van der Waals surface area (Å²) in [4.78, 5) is 16.7. The Kier molecular flexibility index (Phi) is 4.56. The molecule has 0 saturated carbocycles. The molecule has 0 aliphatic carbocycles. The van der Waals surface area contributed by atoms with Crippen LogP contribution in [0, 0.1) is 16.0 Å². The van der Waals surface area contributed by atoms with Gasteiger partial charge < -0.3 is 15.8 Å². The number of pyridine rings is 1. The molecule has 21 heavy (non-hydrogen) atoms. The van der Waals surface area contributed by atoms with E-state index in [1.54, 1.807) is 6.07 Å². The second-order valence-electron chi connectivity index (χ2n) is 5.17. The van der Waals surface area contributed by atoms with Crippen molar-refractivity contribution in [3.05, 3.63) is 27.9 Å². The highest BCUT2D eigenvalue weighted by atomic mass is 16.6. The minimum atomic E-state index is -0.589. The highest BCUT2D eigenvalue weighted by Gasteiger charge is 2.26. The van der Waals surface area contributed by atoms with Crippen LogP contribution in [0.1, 0.15) is 31.9 Å². The van der Waals surface area contributed by atoms with E-state index in [0.717, 1.165) is 32.4 Å². The van der Waals surface area contributed by atoms with Gasteiger partial charge in [-0.05, 0) is 24.8 Å². The molecule has 0 amide bonds. The van der Waals surface area contributed by atoms with Crippen molar-refractivity contribution in [2.24, 2.45) is 16.8 Å². The number of nitro groups is 1. The molecule has 1 aliphatic rings. The van der Waals surface area contributed by atoms with Crippen molar-refractivity contribution in [3.63, 3.8) is 0 Å². The summed E-state index contributed by atoms with van der Waals surface area (Å²) in [6.07, 6.45) is 3.39. The molecular formula is C13H19N5O3. The highest BCUT2D eigenvalue weighted by Crippen LogP contribution is 2.27. The van der Waals surface area contributed by atoms with Crippen LogP contribution in [0.15, 0.2) is 17.3 Å². The third-order valence-electron chi connectivity index (χ3n) is 3.71. The minimum Gasteiger partial charge on any atom is -0.409 e. The van der Waals surface area contributed by atoms with E-state index in [4.69, 9.17) is 10.9 Å². The predicted octanol–water partition coefficient (Wildman–Crippen LogP) is 1.71. The number of aromatic nitrogens is 1. The van der Waals surface area contributed by atoms with Crippen molar-refractivity contribution in [1.82, 2.24) is 4.98 Å². The molecule has 1 aliphatic heterocycles. The minimum absolute atomic E-state index is 0.0982. The molecule has 1 fully saturated rings. The van der Waals surface area contributed by atoms with Crippen molar-refractivity contribution in [2.45, 2.75) is 26.2 Å². The normalized spacial score (nSPS) is 19.0. The molecule has 2 rings (SSSR count). The van der Waals surface area contributed by atoms with Gasteiger partial charge >= 0.3 is 0 Å². The largest absolute Gasteiger partial charge is 0.409 e. The van der Waals surface area contributed by atoms with Crippen molar-refractivity contribution < 1.29 is 10.1 Å². The molecule has 0 aromatic carbocycles. The van der Waals surface area contributed by atoms with Gasteiger partial charge in [0.25, 0.3) is 5.69 Å². The molecule has 3 N–H and O–H groups in total. The van der Waals surface area contributed by atoms with Crippen molar-refractivity contribution >= 4 is 17.3 Å². The van der Waals surface area contributed by atoms with Gasteiger partial charge in [0, 0.05) is 19.2 Å². The summed E-state index contributed by atoms with van der Waals surface area (Å²) in [5.74, 6) is 0.896. The Labute approximate surface area is 122 Å². The fourth-order valence-corrected chi connectivity index (χ4v) is 2.69. The molecule has 1 saturated heterocycles. The number of amidine groups is 1. The molecule has 0 radical (unpaired) electrons. The van der Waals surface area contributed by atoms with Gasteiger partial charge in [0.15, 0.2) is 11.5 Å². The monoisotopic (exact) mass is 293 g/mol. The Morgan fingerprint density at radius 1 is 1.67 bits per heavy atom. The van der Waals surface area contributed by atoms with Gasteiger partial charge in [-0.1, -0.05) is 18.5 Å². The number of anilines is 1. The van der Waals surface area contributed by atoms with Crippen LogP contribution in [-0.4, -0.2) is 34.0 Å². The molecule has 0 bridgehead atoms. The van der Waals surface area contributed by atoms with Crippen molar-refractivity contribution in [3.8, 4) is 0 Å². The van der Waals surface area contributed by atoms with E-state index in [9.17, 15) is 10.1 Å². The zero-order chi connectivity index (χ0) is 15.4. The third kappa shape index (κ3) is 3.21. The molecule has 2 heterocycles.